The number of hydrogen-bond donors (Lipinski definition) is 1. The number of hydrogen-bond acceptors (Lipinski definition) is 4. The Morgan fingerprint density at radius 1 is 1.22 bits per heavy atom. The lowest BCUT2D eigenvalue weighted by molar-refractivity contribution is -0.131. The topological polar surface area (TPSA) is 75.7 Å². The Morgan fingerprint density at radius 2 is 1.78 bits per heavy atom. The summed E-state index contributed by atoms with van der Waals surface area (Å²) < 4.78 is 0. The van der Waals surface area contributed by atoms with Crippen LogP contribution in [0.25, 0.3) is 0 Å². The molecule has 0 aliphatic carbocycles. The van der Waals surface area contributed by atoms with Gasteiger partial charge in [-0.05, 0) is 12.1 Å². The summed E-state index contributed by atoms with van der Waals surface area (Å²) in [6.45, 7) is 0.0432. The zero-order chi connectivity index (χ0) is 13.1. The van der Waals surface area contributed by atoms with E-state index < -0.39 is 0 Å². The number of imide groups is 1. The fourth-order valence-electron chi connectivity index (χ4n) is 1.82. The highest BCUT2D eigenvalue weighted by molar-refractivity contribution is 6.21. The lowest BCUT2D eigenvalue weighted by atomic mass is 10.1. The molecule has 0 radical (unpaired) electrons. The Balaban J connectivity index is 2.07. The van der Waals surface area contributed by atoms with Crippen molar-refractivity contribution in [3.05, 3.63) is 35.4 Å². The molecule has 1 aromatic carbocycles. The number of fused-ring (bicyclic) bond motifs is 1. The van der Waals surface area contributed by atoms with Crippen molar-refractivity contribution in [3.8, 4) is 0 Å². The minimum atomic E-state index is -0.381. The normalized spacial score (nSPS) is 13.7. The number of nitrogens with one attached hydrogen (secondary N) is 1. The molecule has 0 bridgehead atoms. The van der Waals surface area contributed by atoms with Crippen LogP contribution in [0.2, 0.25) is 0 Å². The van der Waals surface area contributed by atoms with Crippen molar-refractivity contribution in [1.82, 2.24) is 10.4 Å². The summed E-state index contributed by atoms with van der Waals surface area (Å²) in [7, 11) is 1.32. The Morgan fingerprint density at radius 3 is 2.28 bits per heavy atom. The molecule has 6 heteroatoms. The molecule has 1 heterocycles. The van der Waals surface area contributed by atoms with Crippen LogP contribution >= 0.6 is 0 Å². The summed E-state index contributed by atoms with van der Waals surface area (Å²) in [4.78, 5) is 40.6. The number of nitrogens with zero attached hydrogens (tertiary/aromatic N) is 1. The van der Waals surface area contributed by atoms with Gasteiger partial charge in [-0.25, -0.2) is 5.48 Å². The average molecular weight is 248 g/mol. The third-order valence-corrected chi connectivity index (χ3v) is 2.66. The van der Waals surface area contributed by atoms with E-state index in [1.54, 1.807) is 24.3 Å². The summed E-state index contributed by atoms with van der Waals surface area (Å²) in [5.74, 6) is -1.10. The highest BCUT2D eigenvalue weighted by Gasteiger charge is 2.34. The predicted octanol–water partition coefficient (Wildman–Crippen LogP) is 0.350. The zero-order valence-corrected chi connectivity index (χ0v) is 9.80. The molecule has 94 valence electrons. The molecule has 18 heavy (non-hydrogen) atoms. The van der Waals surface area contributed by atoms with Gasteiger partial charge in [0.25, 0.3) is 11.8 Å². The van der Waals surface area contributed by atoms with Gasteiger partial charge in [-0.3, -0.25) is 24.1 Å². The Hall–Kier alpha value is -2.21. The summed E-state index contributed by atoms with van der Waals surface area (Å²) in [6, 6.07) is 6.60. The van der Waals surface area contributed by atoms with Crippen molar-refractivity contribution in [2.24, 2.45) is 0 Å². The van der Waals surface area contributed by atoms with Gasteiger partial charge in [0.15, 0.2) is 0 Å². The minimum Gasteiger partial charge on any atom is -0.277 e. The van der Waals surface area contributed by atoms with Crippen LogP contribution in [0.1, 0.15) is 27.1 Å². The number of carbonyl (C=O) groups excluding carboxylic acids is 3. The minimum absolute atomic E-state index is 0.0132. The van der Waals surface area contributed by atoms with Crippen molar-refractivity contribution in [2.75, 3.05) is 13.7 Å². The smallest absolute Gasteiger partial charge is 0.261 e. The predicted molar refractivity (Wildman–Crippen MR) is 61.6 cm³/mol. The van der Waals surface area contributed by atoms with Crippen LogP contribution < -0.4 is 5.48 Å². The molecule has 0 atom stereocenters. The van der Waals surface area contributed by atoms with Crippen LogP contribution in [0.4, 0.5) is 0 Å². The van der Waals surface area contributed by atoms with Gasteiger partial charge >= 0.3 is 0 Å². The van der Waals surface area contributed by atoms with Gasteiger partial charge in [0, 0.05) is 13.0 Å². The summed E-state index contributed by atoms with van der Waals surface area (Å²) >= 11 is 0. The highest BCUT2D eigenvalue weighted by Crippen LogP contribution is 2.22. The zero-order valence-electron chi connectivity index (χ0n) is 9.80. The highest BCUT2D eigenvalue weighted by atomic mass is 16.6. The lowest BCUT2D eigenvalue weighted by Crippen LogP contribution is -2.34. The molecule has 6 nitrogen and oxygen atoms in total. The number of hydroxylamine groups is 1. The van der Waals surface area contributed by atoms with Crippen LogP contribution in [0, 0.1) is 0 Å². The van der Waals surface area contributed by atoms with Crippen molar-refractivity contribution in [2.45, 2.75) is 6.42 Å². The molecule has 0 saturated heterocycles. The van der Waals surface area contributed by atoms with E-state index in [2.05, 4.69) is 10.3 Å². The van der Waals surface area contributed by atoms with E-state index in [1.807, 2.05) is 0 Å². The Bertz CT molecular complexity index is 478. The molecule has 1 aliphatic rings. The Kier molecular flexibility index (Phi) is 3.38. The summed E-state index contributed by atoms with van der Waals surface area (Å²) in [5, 5.41) is 0. The van der Waals surface area contributed by atoms with E-state index in [9.17, 15) is 14.4 Å². The van der Waals surface area contributed by atoms with Crippen molar-refractivity contribution >= 4 is 17.7 Å². The number of amides is 3. The van der Waals surface area contributed by atoms with Crippen molar-refractivity contribution < 1.29 is 19.2 Å². The second kappa shape index (κ2) is 4.97. The molecular formula is C12H12N2O4. The molecule has 1 N–H and O–H groups in total. The van der Waals surface area contributed by atoms with Crippen LogP contribution in [0.3, 0.4) is 0 Å². The van der Waals surface area contributed by atoms with Crippen LogP contribution in [-0.2, 0) is 9.63 Å². The van der Waals surface area contributed by atoms with Gasteiger partial charge in [0.1, 0.15) is 0 Å². The molecule has 0 fully saturated rings. The first-order valence-corrected chi connectivity index (χ1v) is 5.42. The number of benzene rings is 1. The quantitative estimate of drug-likeness (QED) is 0.616. The van der Waals surface area contributed by atoms with Crippen LogP contribution in [0.5, 0.6) is 0 Å². The van der Waals surface area contributed by atoms with E-state index in [-0.39, 0.29) is 30.7 Å². The van der Waals surface area contributed by atoms with E-state index in [1.165, 1.54) is 7.11 Å². The number of carbonyl (C=O) groups is 3. The largest absolute Gasteiger partial charge is 0.277 e. The van der Waals surface area contributed by atoms with Gasteiger partial charge < -0.3 is 0 Å². The molecule has 0 aromatic heterocycles. The van der Waals surface area contributed by atoms with Gasteiger partial charge in [-0.2, -0.15) is 0 Å². The van der Waals surface area contributed by atoms with Gasteiger partial charge in [-0.1, -0.05) is 12.1 Å². The molecule has 1 aromatic rings. The maximum absolute atomic E-state index is 11.9. The monoisotopic (exact) mass is 248 g/mol. The molecule has 2 rings (SSSR count). The first-order valence-electron chi connectivity index (χ1n) is 5.42. The van der Waals surface area contributed by atoms with Crippen LogP contribution in [-0.4, -0.2) is 36.3 Å². The molecular weight excluding hydrogens is 236 g/mol. The van der Waals surface area contributed by atoms with E-state index in [4.69, 9.17) is 0 Å². The summed E-state index contributed by atoms with van der Waals surface area (Å²) in [6.07, 6.45) is 0.0132. The van der Waals surface area contributed by atoms with E-state index >= 15 is 0 Å². The molecule has 0 unspecified atom stereocenters. The SMILES string of the molecule is CONC(=O)CCN1C(=O)c2ccccc2C1=O. The van der Waals surface area contributed by atoms with Crippen molar-refractivity contribution in [1.29, 1.82) is 0 Å². The maximum Gasteiger partial charge on any atom is 0.261 e. The molecule has 3 amide bonds. The lowest BCUT2D eigenvalue weighted by Gasteiger charge is -2.12. The van der Waals surface area contributed by atoms with Gasteiger partial charge in [0.2, 0.25) is 5.91 Å². The fourth-order valence-corrected chi connectivity index (χ4v) is 1.82. The van der Waals surface area contributed by atoms with Gasteiger partial charge in [0.05, 0.1) is 18.2 Å². The van der Waals surface area contributed by atoms with Gasteiger partial charge in [-0.15, -0.1) is 0 Å². The Labute approximate surface area is 103 Å². The van der Waals surface area contributed by atoms with Crippen LogP contribution in [0.15, 0.2) is 24.3 Å². The standard InChI is InChI=1S/C12H12N2O4/c1-18-13-10(15)6-7-14-11(16)8-4-2-3-5-9(8)12(14)17/h2-5H,6-7H2,1H3,(H,13,15). The first kappa shape index (κ1) is 12.3. The molecule has 0 spiro atoms. The van der Waals surface area contributed by atoms with E-state index in [0.717, 1.165) is 4.90 Å². The third-order valence-electron chi connectivity index (χ3n) is 2.66. The second-order valence-electron chi connectivity index (χ2n) is 3.79. The molecule has 1 aliphatic heterocycles. The second-order valence-corrected chi connectivity index (χ2v) is 3.79. The average Bonchev–Trinajstić information content (AvgIpc) is 2.61. The maximum atomic E-state index is 11.9. The fraction of sp³-hybridized carbons (Fsp3) is 0.250. The van der Waals surface area contributed by atoms with E-state index in [0.29, 0.717) is 11.1 Å². The molecule has 0 saturated carbocycles. The van der Waals surface area contributed by atoms with Crippen molar-refractivity contribution in [3.63, 3.8) is 0 Å². The summed E-state index contributed by atoms with van der Waals surface area (Å²) in [5.41, 5.74) is 2.90. The third kappa shape index (κ3) is 2.10. The first-order chi connectivity index (χ1) is 8.65. The number of rotatable bonds is 4.